The number of rotatable bonds is 10. The minimum absolute atomic E-state index is 0.293. The third-order valence-corrected chi connectivity index (χ3v) is 7.22. The first-order chi connectivity index (χ1) is 19.3. The number of anilines is 3. The summed E-state index contributed by atoms with van der Waals surface area (Å²) in [7, 11) is 3.03. The van der Waals surface area contributed by atoms with Gasteiger partial charge in [0.2, 0.25) is 17.7 Å². The Hall–Kier alpha value is -4.08. The molecule has 0 saturated heterocycles. The molecule has 0 spiro atoms. The van der Waals surface area contributed by atoms with Crippen molar-refractivity contribution in [1.29, 1.82) is 0 Å². The summed E-state index contributed by atoms with van der Waals surface area (Å²) < 4.78 is 17.0. The number of hydrogen-bond donors (Lipinski definition) is 2. The van der Waals surface area contributed by atoms with Crippen molar-refractivity contribution >= 4 is 57.3 Å². The molecule has 1 saturated carbocycles. The van der Waals surface area contributed by atoms with Gasteiger partial charge in [0.05, 0.1) is 47.9 Å². The van der Waals surface area contributed by atoms with Crippen molar-refractivity contribution in [2.45, 2.75) is 19.8 Å². The summed E-state index contributed by atoms with van der Waals surface area (Å²) >= 11 is 13.4. The van der Waals surface area contributed by atoms with Crippen molar-refractivity contribution in [3.63, 3.8) is 0 Å². The average Bonchev–Trinajstić information content (AvgIpc) is 3.78. The minimum Gasteiger partial charge on any atom is -0.495 e. The molecule has 2 N–H and O–H groups in total. The second kappa shape index (κ2) is 11.6. The van der Waals surface area contributed by atoms with Gasteiger partial charge >= 0.3 is 0 Å². The van der Waals surface area contributed by atoms with E-state index in [1.807, 2.05) is 19.1 Å². The molecule has 11 heteroatoms. The Kier molecular flexibility index (Phi) is 7.95. The molecule has 206 valence electrons. The first kappa shape index (κ1) is 27.5. The molecule has 0 aliphatic heterocycles. The number of benzene rings is 2. The Morgan fingerprint density at radius 3 is 2.50 bits per heavy atom. The van der Waals surface area contributed by atoms with Crippen molar-refractivity contribution in [3.05, 3.63) is 64.8 Å². The van der Waals surface area contributed by atoms with E-state index in [1.165, 1.54) is 20.3 Å². The molecule has 2 aromatic heterocycles. The molecule has 9 nitrogen and oxygen atoms in total. The van der Waals surface area contributed by atoms with Crippen LogP contribution in [-0.4, -0.2) is 41.7 Å². The first-order valence-electron chi connectivity index (χ1n) is 12.5. The summed E-state index contributed by atoms with van der Waals surface area (Å²) in [6, 6.07) is 8.96. The number of nitrogens with zero attached hydrogens (tertiary/aromatic N) is 3. The molecule has 1 amide bonds. The van der Waals surface area contributed by atoms with Crippen LogP contribution in [0.1, 0.15) is 18.4 Å². The number of methoxy groups -OCH3 is 2. The van der Waals surface area contributed by atoms with Gasteiger partial charge in [0.15, 0.2) is 0 Å². The van der Waals surface area contributed by atoms with E-state index in [-0.39, 0.29) is 5.91 Å². The zero-order valence-corrected chi connectivity index (χ0v) is 23.7. The zero-order chi connectivity index (χ0) is 28.4. The molecule has 5 rings (SSSR count). The lowest BCUT2D eigenvalue weighted by Crippen LogP contribution is -2.10. The molecular formula is C29H27Cl2N5O4. The SMILES string of the molecule is C=CC(=O)Nc1cccc(C)c1Nc1ncc2cc(-c3c(Cl)c(OC)cc(OC)c3Cl)nc(OCC3CC3)c2n1. The number of halogens is 2. The summed E-state index contributed by atoms with van der Waals surface area (Å²) in [5, 5.41) is 7.29. The van der Waals surface area contributed by atoms with Crippen LogP contribution in [0.5, 0.6) is 17.4 Å². The maximum Gasteiger partial charge on any atom is 0.247 e. The minimum atomic E-state index is -0.327. The van der Waals surface area contributed by atoms with Gasteiger partial charge in [-0.1, -0.05) is 41.9 Å². The highest BCUT2D eigenvalue weighted by molar-refractivity contribution is 6.41. The van der Waals surface area contributed by atoms with Crippen LogP contribution >= 0.6 is 23.2 Å². The molecule has 1 aliphatic rings. The van der Waals surface area contributed by atoms with Crippen molar-refractivity contribution in [3.8, 4) is 28.6 Å². The fourth-order valence-corrected chi connectivity index (χ4v) is 4.82. The highest BCUT2D eigenvalue weighted by Crippen LogP contribution is 2.46. The van der Waals surface area contributed by atoms with Crippen LogP contribution in [0.3, 0.4) is 0 Å². The summed E-state index contributed by atoms with van der Waals surface area (Å²) in [6.07, 6.45) is 5.09. The lowest BCUT2D eigenvalue weighted by molar-refractivity contribution is -0.111. The summed E-state index contributed by atoms with van der Waals surface area (Å²) in [5.74, 6) is 1.57. The van der Waals surface area contributed by atoms with E-state index in [0.717, 1.165) is 18.4 Å². The molecule has 0 radical (unpaired) electrons. The molecule has 4 aromatic rings. The Morgan fingerprint density at radius 1 is 1.12 bits per heavy atom. The number of hydrogen-bond acceptors (Lipinski definition) is 8. The third kappa shape index (κ3) is 5.61. The summed E-state index contributed by atoms with van der Waals surface area (Å²) in [5.41, 5.74) is 3.54. The van der Waals surface area contributed by atoms with Gasteiger partial charge in [-0.3, -0.25) is 4.79 Å². The predicted molar refractivity (Wildman–Crippen MR) is 157 cm³/mol. The second-order valence-electron chi connectivity index (χ2n) is 9.30. The van der Waals surface area contributed by atoms with Crippen molar-refractivity contribution < 1.29 is 19.0 Å². The number of carbonyl (C=O) groups excluding carboxylic acids is 1. The van der Waals surface area contributed by atoms with Gasteiger partial charge in [0.25, 0.3) is 0 Å². The molecule has 40 heavy (non-hydrogen) atoms. The van der Waals surface area contributed by atoms with E-state index in [9.17, 15) is 4.79 Å². The van der Waals surface area contributed by atoms with Gasteiger partial charge in [-0.05, 0) is 49.5 Å². The fraction of sp³-hybridized carbons (Fsp3) is 0.241. The van der Waals surface area contributed by atoms with E-state index in [0.29, 0.717) is 79.4 Å². The average molecular weight is 580 g/mol. The maximum atomic E-state index is 12.0. The number of aromatic nitrogens is 3. The van der Waals surface area contributed by atoms with Gasteiger partial charge < -0.3 is 24.8 Å². The van der Waals surface area contributed by atoms with E-state index < -0.39 is 0 Å². The van der Waals surface area contributed by atoms with Crippen LogP contribution in [0.2, 0.25) is 10.0 Å². The van der Waals surface area contributed by atoms with Gasteiger partial charge in [0, 0.05) is 23.2 Å². The van der Waals surface area contributed by atoms with Crippen LogP contribution in [-0.2, 0) is 4.79 Å². The van der Waals surface area contributed by atoms with E-state index in [2.05, 4.69) is 22.2 Å². The highest BCUT2D eigenvalue weighted by Gasteiger charge is 2.25. The number of fused-ring (bicyclic) bond motifs is 1. The van der Waals surface area contributed by atoms with Gasteiger partial charge in [0.1, 0.15) is 17.0 Å². The quantitative estimate of drug-likeness (QED) is 0.194. The van der Waals surface area contributed by atoms with Gasteiger partial charge in [-0.25, -0.2) is 15.0 Å². The van der Waals surface area contributed by atoms with E-state index in [1.54, 1.807) is 24.4 Å². The molecule has 1 fully saturated rings. The normalized spacial score (nSPS) is 12.6. The molecule has 1 aliphatic carbocycles. The Bertz CT molecular complexity index is 1600. The summed E-state index contributed by atoms with van der Waals surface area (Å²) in [4.78, 5) is 26.0. The number of aryl methyl sites for hydroxylation is 1. The van der Waals surface area contributed by atoms with Crippen LogP contribution < -0.4 is 24.8 Å². The molecular weight excluding hydrogens is 553 g/mol. The molecule has 0 bridgehead atoms. The zero-order valence-electron chi connectivity index (χ0n) is 22.2. The highest BCUT2D eigenvalue weighted by atomic mass is 35.5. The first-order valence-corrected chi connectivity index (χ1v) is 13.3. The predicted octanol–water partition coefficient (Wildman–Crippen LogP) is 6.98. The Morgan fingerprint density at radius 2 is 1.85 bits per heavy atom. The number of carbonyl (C=O) groups is 1. The van der Waals surface area contributed by atoms with Crippen molar-refractivity contribution in [1.82, 2.24) is 15.0 Å². The molecule has 2 aromatic carbocycles. The summed E-state index contributed by atoms with van der Waals surface area (Å²) in [6.45, 7) is 5.95. The maximum absolute atomic E-state index is 12.0. The van der Waals surface area contributed by atoms with Crippen LogP contribution in [0.4, 0.5) is 17.3 Å². The number of amides is 1. The number of pyridine rings is 1. The fourth-order valence-electron chi connectivity index (χ4n) is 4.12. The van der Waals surface area contributed by atoms with Crippen molar-refractivity contribution in [2.75, 3.05) is 31.5 Å². The van der Waals surface area contributed by atoms with E-state index >= 15 is 0 Å². The lowest BCUT2D eigenvalue weighted by atomic mass is 10.1. The lowest BCUT2D eigenvalue weighted by Gasteiger charge is -2.17. The van der Waals surface area contributed by atoms with E-state index in [4.69, 9.17) is 47.4 Å². The third-order valence-electron chi connectivity index (χ3n) is 6.47. The molecule has 0 atom stereocenters. The monoisotopic (exact) mass is 579 g/mol. The Balaban J connectivity index is 1.61. The second-order valence-corrected chi connectivity index (χ2v) is 10.1. The van der Waals surface area contributed by atoms with Gasteiger partial charge in [-0.2, -0.15) is 0 Å². The number of ether oxygens (including phenoxy) is 3. The van der Waals surface area contributed by atoms with Crippen molar-refractivity contribution in [2.24, 2.45) is 5.92 Å². The smallest absolute Gasteiger partial charge is 0.247 e. The topological polar surface area (TPSA) is 107 Å². The largest absolute Gasteiger partial charge is 0.495 e. The number of nitrogens with one attached hydrogen (secondary N) is 2. The van der Waals surface area contributed by atoms with Gasteiger partial charge in [-0.15, -0.1) is 0 Å². The molecule has 0 unspecified atom stereocenters. The van der Waals surface area contributed by atoms with Crippen LogP contribution in [0, 0.1) is 12.8 Å². The Labute approximate surface area is 241 Å². The molecule has 2 heterocycles. The van der Waals surface area contributed by atoms with Crippen LogP contribution in [0.15, 0.2) is 49.2 Å². The number of para-hydroxylation sites is 1. The standard InChI is InChI=1S/C29H27Cl2N5O4/c1-5-22(37)33-18-8-6-7-15(2)26(18)35-29-32-13-17-11-19(34-28(27(17)36-29)40-14-16-9-10-16)23-24(30)20(38-3)12-21(39-4)25(23)31/h5-8,11-13,16H,1,9-10,14H2,2-4H3,(H,33,37)(H,32,35,36). The van der Waals surface area contributed by atoms with Crippen LogP contribution in [0.25, 0.3) is 22.2 Å².